The Morgan fingerprint density at radius 3 is 2.74 bits per heavy atom. The van der Waals surface area contributed by atoms with Crippen molar-refractivity contribution in [1.82, 2.24) is 20.2 Å². The molecule has 1 aromatic heterocycles. The van der Waals surface area contributed by atoms with E-state index in [0.29, 0.717) is 25.6 Å². The molecule has 0 unspecified atom stereocenters. The van der Waals surface area contributed by atoms with Crippen molar-refractivity contribution in [3.63, 3.8) is 0 Å². The van der Waals surface area contributed by atoms with Crippen LogP contribution < -0.4 is 10.6 Å². The molecule has 0 atom stereocenters. The first-order chi connectivity index (χ1) is 13.0. The second-order valence-electron chi connectivity index (χ2n) is 6.14. The number of carbonyl (C=O) groups is 1. The molecule has 1 aromatic carbocycles. The highest BCUT2D eigenvalue weighted by Gasteiger charge is 2.14. The van der Waals surface area contributed by atoms with Gasteiger partial charge < -0.3 is 15.4 Å². The number of hydrogen-bond donors (Lipinski definition) is 2. The van der Waals surface area contributed by atoms with Gasteiger partial charge in [-0.15, -0.1) is 0 Å². The Morgan fingerprint density at radius 2 is 2.00 bits per heavy atom. The summed E-state index contributed by atoms with van der Waals surface area (Å²) in [7, 11) is 0. The van der Waals surface area contributed by atoms with Gasteiger partial charge in [0.15, 0.2) is 0 Å². The van der Waals surface area contributed by atoms with Crippen molar-refractivity contribution >= 4 is 17.4 Å². The average molecular weight is 377 g/mol. The van der Waals surface area contributed by atoms with E-state index in [2.05, 4.69) is 25.5 Å². The summed E-state index contributed by atoms with van der Waals surface area (Å²) in [6, 6.07) is 4.61. The number of benzene rings is 1. The molecule has 0 saturated carbocycles. The van der Waals surface area contributed by atoms with Gasteiger partial charge in [-0.05, 0) is 19.1 Å². The van der Waals surface area contributed by atoms with Crippen LogP contribution in [0.15, 0.2) is 24.3 Å². The van der Waals surface area contributed by atoms with Crippen LogP contribution in [-0.2, 0) is 4.74 Å². The highest BCUT2D eigenvalue weighted by molar-refractivity contribution is 5.93. The Balaban J connectivity index is 1.62. The van der Waals surface area contributed by atoms with E-state index >= 15 is 0 Å². The average Bonchev–Trinajstić information content (AvgIpc) is 2.64. The van der Waals surface area contributed by atoms with E-state index in [4.69, 9.17) is 4.74 Å². The lowest BCUT2D eigenvalue weighted by Crippen LogP contribution is -2.41. The fourth-order valence-electron chi connectivity index (χ4n) is 2.72. The number of carbonyl (C=O) groups excluding carboxylic acids is 1. The molecule has 1 aliphatic heterocycles. The number of hydrogen-bond acceptors (Lipinski definition) is 6. The van der Waals surface area contributed by atoms with E-state index in [1.807, 2.05) is 0 Å². The number of amides is 1. The first kappa shape index (κ1) is 19.1. The topological polar surface area (TPSA) is 79.4 Å². The summed E-state index contributed by atoms with van der Waals surface area (Å²) in [6.07, 6.45) is 0. The third-order valence-electron chi connectivity index (χ3n) is 4.08. The lowest BCUT2D eigenvalue weighted by molar-refractivity contribution is 0.0383. The van der Waals surface area contributed by atoms with Gasteiger partial charge in [0.25, 0.3) is 5.91 Å². The SMILES string of the molecule is Cc1nc(Nc2ccc(F)cc2F)cc(C(=O)NCCN2CCOCC2)n1. The van der Waals surface area contributed by atoms with Gasteiger partial charge in [-0.2, -0.15) is 0 Å². The maximum atomic E-state index is 13.8. The summed E-state index contributed by atoms with van der Waals surface area (Å²) in [5.74, 6) is -1.14. The summed E-state index contributed by atoms with van der Waals surface area (Å²) in [4.78, 5) is 22.8. The van der Waals surface area contributed by atoms with Crippen molar-refractivity contribution in [2.45, 2.75) is 6.92 Å². The lowest BCUT2D eigenvalue weighted by Gasteiger charge is -2.26. The zero-order valence-electron chi connectivity index (χ0n) is 15.0. The van der Waals surface area contributed by atoms with Gasteiger partial charge in [0.05, 0.1) is 18.9 Å². The Bertz CT molecular complexity index is 812. The van der Waals surface area contributed by atoms with Crippen molar-refractivity contribution in [3.8, 4) is 0 Å². The molecule has 0 radical (unpaired) electrons. The predicted molar refractivity (Wildman–Crippen MR) is 96.0 cm³/mol. The molecule has 0 bridgehead atoms. The van der Waals surface area contributed by atoms with Crippen molar-refractivity contribution in [2.24, 2.45) is 0 Å². The van der Waals surface area contributed by atoms with Crippen molar-refractivity contribution in [1.29, 1.82) is 0 Å². The Kier molecular flexibility index (Phi) is 6.25. The first-order valence-electron chi connectivity index (χ1n) is 8.67. The maximum absolute atomic E-state index is 13.8. The Hall–Kier alpha value is -2.65. The number of nitrogens with one attached hydrogen (secondary N) is 2. The van der Waals surface area contributed by atoms with Gasteiger partial charge in [0.1, 0.15) is 29.0 Å². The molecule has 144 valence electrons. The highest BCUT2D eigenvalue weighted by Crippen LogP contribution is 2.20. The van der Waals surface area contributed by atoms with Gasteiger partial charge in [0.2, 0.25) is 0 Å². The molecule has 7 nitrogen and oxygen atoms in total. The fourth-order valence-corrected chi connectivity index (χ4v) is 2.72. The molecule has 2 N–H and O–H groups in total. The zero-order chi connectivity index (χ0) is 19.2. The summed E-state index contributed by atoms with van der Waals surface area (Å²) < 4.78 is 32.1. The molecule has 2 aromatic rings. The molecule has 1 saturated heterocycles. The van der Waals surface area contributed by atoms with E-state index in [1.54, 1.807) is 6.92 Å². The molecule has 0 spiro atoms. The highest BCUT2D eigenvalue weighted by atomic mass is 19.1. The predicted octanol–water partition coefficient (Wildman–Crippen LogP) is 1.87. The van der Waals surface area contributed by atoms with Gasteiger partial charge in [0, 0.05) is 38.3 Å². The third kappa shape index (κ3) is 5.41. The van der Waals surface area contributed by atoms with Crippen LogP contribution in [0.1, 0.15) is 16.3 Å². The monoisotopic (exact) mass is 377 g/mol. The van der Waals surface area contributed by atoms with Crippen molar-refractivity contribution in [2.75, 3.05) is 44.7 Å². The molecule has 1 aliphatic rings. The van der Waals surface area contributed by atoms with E-state index in [0.717, 1.165) is 31.8 Å². The Morgan fingerprint density at radius 1 is 1.22 bits per heavy atom. The zero-order valence-corrected chi connectivity index (χ0v) is 15.0. The van der Waals surface area contributed by atoms with E-state index in [9.17, 15) is 13.6 Å². The van der Waals surface area contributed by atoms with Crippen LogP contribution in [0.3, 0.4) is 0 Å². The van der Waals surface area contributed by atoms with Crippen LogP contribution in [0.2, 0.25) is 0 Å². The quantitative estimate of drug-likeness (QED) is 0.800. The normalized spacial score (nSPS) is 14.8. The van der Waals surface area contributed by atoms with Crippen LogP contribution in [0, 0.1) is 18.6 Å². The number of morpholine rings is 1. The van der Waals surface area contributed by atoms with Crippen LogP contribution in [0.25, 0.3) is 0 Å². The molecule has 27 heavy (non-hydrogen) atoms. The number of halogens is 2. The van der Waals surface area contributed by atoms with E-state index < -0.39 is 11.6 Å². The Labute approximate surface area is 155 Å². The third-order valence-corrected chi connectivity index (χ3v) is 4.08. The molecule has 3 rings (SSSR count). The maximum Gasteiger partial charge on any atom is 0.270 e. The van der Waals surface area contributed by atoms with Crippen LogP contribution in [0.4, 0.5) is 20.3 Å². The van der Waals surface area contributed by atoms with E-state index in [1.165, 1.54) is 12.1 Å². The number of anilines is 2. The lowest BCUT2D eigenvalue weighted by atomic mass is 10.3. The van der Waals surface area contributed by atoms with Gasteiger partial charge in [-0.3, -0.25) is 9.69 Å². The van der Waals surface area contributed by atoms with Crippen molar-refractivity contribution in [3.05, 3.63) is 47.4 Å². The molecule has 1 fully saturated rings. The number of nitrogens with zero attached hydrogens (tertiary/aromatic N) is 3. The summed E-state index contributed by atoms with van der Waals surface area (Å²) in [5, 5.41) is 5.57. The summed E-state index contributed by atoms with van der Waals surface area (Å²) in [5.41, 5.74) is 0.239. The minimum Gasteiger partial charge on any atom is -0.379 e. The van der Waals surface area contributed by atoms with Gasteiger partial charge in [-0.1, -0.05) is 0 Å². The molecule has 2 heterocycles. The number of aromatic nitrogens is 2. The molecule has 9 heteroatoms. The molecule has 1 amide bonds. The molecular weight excluding hydrogens is 356 g/mol. The largest absolute Gasteiger partial charge is 0.379 e. The number of ether oxygens (including phenoxy) is 1. The molecule has 0 aliphatic carbocycles. The molecular formula is C18H21F2N5O2. The first-order valence-corrected chi connectivity index (χ1v) is 8.67. The van der Waals surface area contributed by atoms with Crippen molar-refractivity contribution < 1.29 is 18.3 Å². The smallest absolute Gasteiger partial charge is 0.270 e. The fraction of sp³-hybridized carbons (Fsp3) is 0.389. The minimum atomic E-state index is -0.747. The number of aryl methyl sites for hydroxylation is 1. The summed E-state index contributed by atoms with van der Waals surface area (Å²) >= 11 is 0. The second kappa shape index (κ2) is 8.83. The van der Waals surface area contributed by atoms with Crippen LogP contribution in [0.5, 0.6) is 0 Å². The standard InChI is InChI=1S/C18H21F2N5O2/c1-12-22-16(18(26)21-4-5-25-6-8-27-9-7-25)11-17(23-12)24-15-3-2-13(19)10-14(15)20/h2-3,10-11H,4-9H2,1H3,(H,21,26)(H,22,23,24). The van der Waals surface area contributed by atoms with Gasteiger partial charge in [-0.25, -0.2) is 18.7 Å². The number of rotatable bonds is 6. The minimum absolute atomic E-state index is 0.0631. The van der Waals surface area contributed by atoms with Gasteiger partial charge >= 0.3 is 0 Å². The second-order valence-corrected chi connectivity index (χ2v) is 6.14. The van der Waals surface area contributed by atoms with E-state index in [-0.39, 0.29) is 23.1 Å². The van der Waals surface area contributed by atoms with Crippen LogP contribution in [-0.4, -0.2) is 60.2 Å². The summed E-state index contributed by atoms with van der Waals surface area (Å²) in [6.45, 7) is 5.95. The van der Waals surface area contributed by atoms with Crippen LogP contribution >= 0.6 is 0 Å².